The van der Waals surface area contributed by atoms with E-state index in [1.165, 1.54) is 16.3 Å². The number of hydrogen-bond acceptors (Lipinski definition) is 0. The van der Waals surface area contributed by atoms with Crippen LogP contribution in [0.2, 0.25) is 0 Å². The van der Waals surface area contributed by atoms with E-state index in [-0.39, 0.29) is 0 Å². The van der Waals surface area contributed by atoms with Crippen LogP contribution in [0.1, 0.15) is 5.56 Å². The molecule has 0 heterocycles. The fourth-order valence-electron chi connectivity index (χ4n) is 1.89. The maximum Gasteiger partial charge on any atom is 0.0804 e. The molecule has 2 aromatic rings. The Morgan fingerprint density at radius 1 is 1.00 bits per heavy atom. The quantitative estimate of drug-likeness (QED) is 0.514. The summed E-state index contributed by atoms with van der Waals surface area (Å²) in [6.45, 7) is 0.960. The first-order chi connectivity index (χ1) is 7.06. The molecule has 15 heavy (non-hydrogen) atoms. The molecule has 0 N–H and O–H groups in total. The van der Waals surface area contributed by atoms with E-state index in [1.54, 1.807) is 0 Å². The largest absolute Gasteiger partial charge is 0.458 e. The number of benzene rings is 2. The summed E-state index contributed by atoms with van der Waals surface area (Å²) in [6.07, 6.45) is 0. The number of rotatable bonds is 2. The fourth-order valence-corrected chi connectivity index (χ4v) is 1.89. The summed E-state index contributed by atoms with van der Waals surface area (Å²) < 4.78 is 0.716. The van der Waals surface area contributed by atoms with Crippen LogP contribution in [0.3, 0.4) is 0 Å². The molecule has 0 spiro atoms. The highest BCUT2D eigenvalue weighted by molar-refractivity contribution is 5.85. The first kappa shape index (κ1) is 10.2. The molecular weight excluding hydrogens is 182 g/mol. The van der Waals surface area contributed by atoms with Gasteiger partial charge >= 0.3 is 0 Å². The molecule has 0 radical (unpaired) electrons. The van der Waals surface area contributed by atoms with Crippen LogP contribution in [0.4, 0.5) is 0 Å². The van der Waals surface area contributed by atoms with Crippen LogP contribution in [0.25, 0.3) is 10.8 Å². The van der Waals surface area contributed by atoms with Gasteiger partial charge in [-0.15, -0.1) is 7.05 Å². The summed E-state index contributed by atoms with van der Waals surface area (Å²) in [7, 11) is 8.34. The van der Waals surface area contributed by atoms with Crippen LogP contribution in [0, 0.1) is 7.05 Å². The zero-order valence-electron chi connectivity index (χ0n) is 9.40. The van der Waals surface area contributed by atoms with Gasteiger partial charge in [-0.05, 0) is 10.8 Å². The maximum atomic E-state index is 4.11. The first-order valence-electron chi connectivity index (χ1n) is 5.20. The number of quaternary nitrogens is 1. The minimum absolute atomic E-state index is 0.716. The Morgan fingerprint density at radius 3 is 2.40 bits per heavy atom. The predicted molar refractivity (Wildman–Crippen MR) is 65.1 cm³/mol. The molecular formula is C14H17N. The second kappa shape index (κ2) is 3.67. The zero-order chi connectivity index (χ0) is 10.9. The maximum absolute atomic E-state index is 4.11. The van der Waals surface area contributed by atoms with Gasteiger partial charge in [0.15, 0.2) is 0 Å². The summed E-state index contributed by atoms with van der Waals surface area (Å²) in [6, 6.07) is 15.0. The first-order valence-corrected chi connectivity index (χ1v) is 5.20. The minimum Gasteiger partial charge on any atom is -0.458 e. The standard InChI is InChI=1S/C14H17N/c1-15(2,3)11-13-9-6-8-12-7-4-5-10-14(12)13/h4-10H,1,11H2,2-3H3. The van der Waals surface area contributed by atoms with Crippen molar-refractivity contribution in [3.63, 3.8) is 0 Å². The summed E-state index contributed by atoms with van der Waals surface area (Å²) >= 11 is 0. The highest BCUT2D eigenvalue weighted by atomic mass is 15.3. The van der Waals surface area contributed by atoms with Gasteiger partial charge in [0, 0.05) is 19.7 Å². The van der Waals surface area contributed by atoms with Crippen molar-refractivity contribution in [3.05, 3.63) is 55.1 Å². The monoisotopic (exact) mass is 199 g/mol. The molecule has 0 aliphatic rings. The van der Waals surface area contributed by atoms with Gasteiger partial charge in [0.1, 0.15) is 0 Å². The van der Waals surface area contributed by atoms with E-state index < -0.39 is 0 Å². The number of fused-ring (bicyclic) bond motifs is 1. The molecule has 0 atom stereocenters. The summed E-state index contributed by atoms with van der Waals surface area (Å²) in [5.41, 5.74) is 1.37. The average molecular weight is 199 g/mol. The van der Waals surface area contributed by atoms with Gasteiger partial charge in [0.25, 0.3) is 0 Å². The Balaban J connectivity index is 2.52. The Bertz CT molecular complexity index is 461. The molecule has 2 rings (SSSR count). The van der Waals surface area contributed by atoms with Gasteiger partial charge in [-0.1, -0.05) is 42.5 Å². The lowest BCUT2D eigenvalue weighted by molar-refractivity contribution is -0.859. The van der Waals surface area contributed by atoms with E-state index >= 15 is 0 Å². The van der Waals surface area contributed by atoms with Gasteiger partial charge in [-0.2, -0.15) is 0 Å². The molecule has 0 bridgehead atoms. The van der Waals surface area contributed by atoms with Crippen molar-refractivity contribution in [2.45, 2.75) is 6.54 Å². The SMILES string of the molecule is [CH2-][N+](C)(C)Cc1cccc2ccccc12. The van der Waals surface area contributed by atoms with E-state index in [0.29, 0.717) is 4.48 Å². The Labute approximate surface area is 91.5 Å². The average Bonchev–Trinajstić information content (AvgIpc) is 2.16. The zero-order valence-corrected chi connectivity index (χ0v) is 9.40. The molecule has 0 aliphatic heterocycles. The van der Waals surface area contributed by atoms with Crippen LogP contribution in [0.5, 0.6) is 0 Å². The summed E-state index contributed by atoms with van der Waals surface area (Å²) in [5.74, 6) is 0. The van der Waals surface area contributed by atoms with Gasteiger partial charge in [-0.3, -0.25) is 0 Å². The van der Waals surface area contributed by atoms with Crippen LogP contribution in [0.15, 0.2) is 42.5 Å². The number of hydrogen-bond donors (Lipinski definition) is 0. The van der Waals surface area contributed by atoms with Crippen LogP contribution < -0.4 is 0 Å². The van der Waals surface area contributed by atoms with Crippen molar-refractivity contribution in [1.82, 2.24) is 0 Å². The summed E-state index contributed by atoms with van der Waals surface area (Å²) in [5, 5.41) is 2.65. The lowest BCUT2D eigenvalue weighted by Gasteiger charge is -2.33. The van der Waals surface area contributed by atoms with Crippen LogP contribution >= 0.6 is 0 Å². The normalized spacial score (nSPS) is 11.9. The predicted octanol–water partition coefficient (Wildman–Crippen LogP) is 3.21. The second-order valence-corrected chi connectivity index (χ2v) is 4.73. The second-order valence-electron chi connectivity index (χ2n) is 4.73. The van der Waals surface area contributed by atoms with Crippen molar-refractivity contribution in [1.29, 1.82) is 0 Å². The summed E-state index contributed by atoms with van der Waals surface area (Å²) in [4.78, 5) is 0. The van der Waals surface area contributed by atoms with E-state index in [2.05, 4.69) is 63.6 Å². The molecule has 2 aromatic carbocycles. The van der Waals surface area contributed by atoms with E-state index in [4.69, 9.17) is 0 Å². The van der Waals surface area contributed by atoms with Gasteiger partial charge in [-0.25, -0.2) is 0 Å². The van der Waals surface area contributed by atoms with Crippen molar-refractivity contribution in [2.75, 3.05) is 14.1 Å². The van der Waals surface area contributed by atoms with Crippen molar-refractivity contribution in [3.8, 4) is 0 Å². The molecule has 0 aliphatic carbocycles. The highest BCUT2D eigenvalue weighted by Gasteiger charge is 2.06. The molecule has 1 heteroatoms. The Hall–Kier alpha value is -1.34. The van der Waals surface area contributed by atoms with Crippen LogP contribution in [-0.4, -0.2) is 18.6 Å². The topological polar surface area (TPSA) is 0 Å². The lowest BCUT2D eigenvalue weighted by Crippen LogP contribution is -2.30. The van der Waals surface area contributed by atoms with Gasteiger partial charge in [0.05, 0.1) is 6.54 Å². The Kier molecular flexibility index (Phi) is 2.49. The third-order valence-corrected chi connectivity index (χ3v) is 2.48. The third-order valence-electron chi connectivity index (χ3n) is 2.48. The smallest absolute Gasteiger partial charge is 0.0804 e. The Morgan fingerprint density at radius 2 is 1.67 bits per heavy atom. The molecule has 1 nitrogen and oxygen atoms in total. The van der Waals surface area contributed by atoms with Crippen molar-refractivity contribution >= 4 is 10.8 Å². The fraction of sp³-hybridized carbons (Fsp3) is 0.214. The van der Waals surface area contributed by atoms with Crippen molar-refractivity contribution < 1.29 is 4.48 Å². The molecule has 0 aromatic heterocycles. The molecule has 0 saturated carbocycles. The van der Waals surface area contributed by atoms with Crippen LogP contribution in [-0.2, 0) is 6.54 Å². The lowest BCUT2D eigenvalue weighted by atomic mass is 10.0. The van der Waals surface area contributed by atoms with E-state index in [9.17, 15) is 0 Å². The van der Waals surface area contributed by atoms with E-state index in [1.807, 2.05) is 0 Å². The number of nitrogens with zero attached hydrogens (tertiary/aromatic N) is 1. The molecule has 78 valence electrons. The molecule has 0 unspecified atom stereocenters. The van der Waals surface area contributed by atoms with Gasteiger partial charge < -0.3 is 4.48 Å². The molecule has 0 fully saturated rings. The third kappa shape index (κ3) is 2.37. The highest BCUT2D eigenvalue weighted by Crippen LogP contribution is 2.20. The molecule has 0 amide bonds. The van der Waals surface area contributed by atoms with Gasteiger partial charge in [0.2, 0.25) is 0 Å². The minimum atomic E-state index is 0.716. The van der Waals surface area contributed by atoms with E-state index in [0.717, 1.165) is 6.54 Å². The molecule has 0 saturated heterocycles. The van der Waals surface area contributed by atoms with Crippen molar-refractivity contribution in [2.24, 2.45) is 0 Å².